The minimum absolute atomic E-state index is 0.0808. The topological polar surface area (TPSA) is 78.4 Å². The van der Waals surface area contributed by atoms with Crippen LogP contribution in [0.3, 0.4) is 0 Å². The van der Waals surface area contributed by atoms with Crippen molar-refractivity contribution in [3.8, 4) is 23.0 Å². The molecule has 2 aromatic carbocycles. The Kier molecular flexibility index (Phi) is 5.80. The van der Waals surface area contributed by atoms with Crippen molar-refractivity contribution >= 4 is 12.1 Å². The van der Waals surface area contributed by atoms with Gasteiger partial charge in [-0.1, -0.05) is 0 Å². The van der Waals surface area contributed by atoms with Crippen LogP contribution in [-0.2, 0) is 0 Å². The number of hydrogen-bond donors (Lipinski definition) is 1. The number of hydrazone groups is 1. The van der Waals surface area contributed by atoms with Crippen LogP contribution in [0, 0.1) is 0 Å². The van der Waals surface area contributed by atoms with Crippen LogP contribution in [0.2, 0.25) is 0 Å². The highest BCUT2D eigenvalue weighted by molar-refractivity contribution is 5.95. The van der Waals surface area contributed by atoms with Crippen LogP contribution in [-0.4, -0.2) is 38.5 Å². The predicted octanol–water partition coefficient (Wildman–Crippen LogP) is 3.02. The van der Waals surface area contributed by atoms with Gasteiger partial charge in [-0.15, -0.1) is 0 Å². The van der Waals surface area contributed by atoms with Crippen LogP contribution < -0.4 is 24.4 Å². The zero-order valence-electron chi connectivity index (χ0n) is 15.5. The molecule has 0 atom stereocenters. The number of carbonyl (C=O) groups is 1. The highest BCUT2D eigenvalue weighted by Gasteiger charge is 2.18. The van der Waals surface area contributed by atoms with Gasteiger partial charge in [0.1, 0.15) is 19.0 Å². The van der Waals surface area contributed by atoms with Gasteiger partial charge in [0.25, 0.3) is 5.91 Å². The molecule has 7 nitrogen and oxygen atoms in total. The molecule has 7 heteroatoms. The summed E-state index contributed by atoms with van der Waals surface area (Å²) in [6.45, 7) is 4.85. The van der Waals surface area contributed by atoms with Crippen LogP contribution >= 0.6 is 0 Å². The fraction of sp³-hybridized carbons (Fsp3) is 0.300. The minimum atomic E-state index is -0.313. The summed E-state index contributed by atoms with van der Waals surface area (Å²) in [5.74, 6) is 2.13. The van der Waals surface area contributed by atoms with E-state index in [0.717, 1.165) is 5.56 Å². The van der Waals surface area contributed by atoms with Crippen LogP contribution in [0.5, 0.6) is 23.0 Å². The fourth-order valence-corrected chi connectivity index (χ4v) is 2.55. The molecule has 0 saturated heterocycles. The van der Waals surface area contributed by atoms with Crippen LogP contribution in [0.15, 0.2) is 41.5 Å². The van der Waals surface area contributed by atoms with Gasteiger partial charge in [-0.25, -0.2) is 5.43 Å². The quantitative estimate of drug-likeness (QED) is 0.625. The van der Waals surface area contributed by atoms with E-state index in [1.165, 1.54) is 6.21 Å². The molecule has 0 aliphatic carbocycles. The molecule has 0 radical (unpaired) electrons. The van der Waals surface area contributed by atoms with Gasteiger partial charge in [0.2, 0.25) is 5.75 Å². The van der Waals surface area contributed by atoms with E-state index < -0.39 is 0 Å². The molecule has 0 spiro atoms. The SMILES string of the molecule is COc1cc(/C=N\NC(=O)c2ccc(OC(C)C)cc2)cc2c1OCCO2. The maximum Gasteiger partial charge on any atom is 0.271 e. The smallest absolute Gasteiger partial charge is 0.271 e. The first kappa shape index (κ1) is 18.6. The molecule has 1 N–H and O–H groups in total. The highest BCUT2D eigenvalue weighted by atomic mass is 16.6. The van der Waals surface area contributed by atoms with Gasteiger partial charge >= 0.3 is 0 Å². The number of nitrogens with zero attached hydrogens (tertiary/aromatic N) is 1. The number of amides is 1. The standard InChI is InChI=1S/C20H22N2O5/c1-13(2)27-16-6-4-15(5-7-16)20(23)22-21-12-14-10-17(24-3)19-18(11-14)25-8-9-26-19/h4-7,10-13H,8-9H2,1-3H3,(H,22,23)/b21-12-. The molecule has 0 unspecified atom stereocenters. The molecule has 0 saturated carbocycles. The summed E-state index contributed by atoms with van der Waals surface area (Å²) in [6, 6.07) is 10.4. The van der Waals surface area contributed by atoms with Gasteiger partial charge < -0.3 is 18.9 Å². The zero-order valence-corrected chi connectivity index (χ0v) is 15.5. The van der Waals surface area contributed by atoms with Crippen molar-refractivity contribution in [1.82, 2.24) is 5.43 Å². The summed E-state index contributed by atoms with van der Waals surface area (Å²) in [7, 11) is 1.56. The summed E-state index contributed by atoms with van der Waals surface area (Å²) in [6.07, 6.45) is 1.60. The number of benzene rings is 2. The van der Waals surface area contributed by atoms with Crippen molar-refractivity contribution in [2.24, 2.45) is 5.10 Å². The van der Waals surface area contributed by atoms with E-state index in [4.69, 9.17) is 18.9 Å². The van der Waals surface area contributed by atoms with Gasteiger partial charge in [-0.3, -0.25) is 4.79 Å². The van der Waals surface area contributed by atoms with Gasteiger partial charge in [-0.05, 0) is 50.2 Å². The number of hydrogen-bond acceptors (Lipinski definition) is 6. The Morgan fingerprint density at radius 2 is 1.93 bits per heavy atom. The van der Waals surface area contributed by atoms with Gasteiger partial charge in [0, 0.05) is 11.1 Å². The average Bonchev–Trinajstić information content (AvgIpc) is 2.67. The Morgan fingerprint density at radius 3 is 2.63 bits per heavy atom. The summed E-state index contributed by atoms with van der Waals surface area (Å²) in [5.41, 5.74) is 3.71. The molecule has 0 fully saturated rings. The molecule has 142 valence electrons. The van der Waals surface area contributed by atoms with E-state index in [1.54, 1.807) is 43.5 Å². The first-order valence-corrected chi connectivity index (χ1v) is 8.64. The number of rotatable bonds is 6. The highest BCUT2D eigenvalue weighted by Crippen LogP contribution is 2.39. The second-order valence-electron chi connectivity index (χ2n) is 6.14. The Bertz CT molecular complexity index is 814. The molecule has 27 heavy (non-hydrogen) atoms. The monoisotopic (exact) mass is 370 g/mol. The number of fused-ring (bicyclic) bond motifs is 1. The molecule has 1 aliphatic heterocycles. The van der Waals surface area contributed by atoms with Crippen molar-refractivity contribution in [2.75, 3.05) is 20.3 Å². The van der Waals surface area contributed by atoms with Crippen molar-refractivity contribution in [2.45, 2.75) is 20.0 Å². The normalized spacial score (nSPS) is 12.9. The molecule has 0 aromatic heterocycles. The van der Waals surface area contributed by atoms with Crippen molar-refractivity contribution < 1.29 is 23.7 Å². The Hall–Kier alpha value is -3.22. The molecular weight excluding hydrogens is 348 g/mol. The summed E-state index contributed by atoms with van der Waals surface area (Å²) < 4.78 is 22.0. The molecule has 0 bridgehead atoms. The van der Waals surface area contributed by atoms with E-state index in [0.29, 0.717) is 41.8 Å². The lowest BCUT2D eigenvalue weighted by Crippen LogP contribution is -2.18. The van der Waals surface area contributed by atoms with Crippen LogP contribution in [0.25, 0.3) is 0 Å². The summed E-state index contributed by atoms with van der Waals surface area (Å²) in [4.78, 5) is 12.2. The number of carbonyl (C=O) groups excluding carboxylic acids is 1. The predicted molar refractivity (Wildman–Crippen MR) is 101 cm³/mol. The van der Waals surface area contributed by atoms with Crippen LogP contribution in [0.4, 0.5) is 0 Å². The molecule has 3 rings (SSSR count). The van der Waals surface area contributed by atoms with Crippen molar-refractivity contribution in [3.63, 3.8) is 0 Å². The van der Waals surface area contributed by atoms with E-state index in [2.05, 4.69) is 10.5 Å². The Balaban J connectivity index is 1.65. The maximum atomic E-state index is 12.2. The van der Waals surface area contributed by atoms with Gasteiger partial charge in [0.05, 0.1) is 19.4 Å². The maximum absolute atomic E-state index is 12.2. The van der Waals surface area contributed by atoms with Crippen LogP contribution in [0.1, 0.15) is 29.8 Å². The van der Waals surface area contributed by atoms with E-state index in [9.17, 15) is 4.79 Å². The van der Waals surface area contributed by atoms with Gasteiger partial charge in [0.15, 0.2) is 11.5 Å². The number of nitrogens with one attached hydrogen (secondary N) is 1. The first-order chi connectivity index (χ1) is 13.1. The second-order valence-corrected chi connectivity index (χ2v) is 6.14. The molecule has 2 aromatic rings. The fourth-order valence-electron chi connectivity index (χ4n) is 2.55. The third-order valence-corrected chi connectivity index (χ3v) is 3.72. The summed E-state index contributed by atoms with van der Waals surface area (Å²) in [5, 5.41) is 4.01. The van der Waals surface area contributed by atoms with E-state index >= 15 is 0 Å². The lowest BCUT2D eigenvalue weighted by molar-refractivity contribution is 0.0955. The van der Waals surface area contributed by atoms with E-state index in [1.807, 2.05) is 13.8 Å². The summed E-state index contributed by atoms with van der Waals surface area (Å²) >= 11 is 0. The van der Waals surface area contributed by atoms with Crippen molar-refractivity contribution in [3.05, 3.63) is 47.5 Å². The number of ether oxygens (including phenoxy) is 4. The van der Waals surface area contributed by atoms with Gasteiger partial charge in [-0.2, -0.15) is 5.10 Å². The zero-order chi connectivity index (χ0) is 19.2. The minimum Gasteiger partial charge on any atom is -0.493 e. The van der Waals surface area contributed by atoms with E-state index in [-0.39, 0.29) is 12.0 Å². The molecule has 1 heterocycles. The largest absolute Gasteiger partial charge is 0.493 e. The molecule has 1 amide bonds. The number of methoxy groups -OCH3 is 1. The second kappa shape index (κ2) is 8.44. The molecular formula is C20H22N2O5. The average molecular weight is 370 g/mol. The molecule has 1 aliphatic rings. The third-order valence-electron chi connectivity index (χ3n) is 3.72. The Morgan fingerprint density at radius 1 is 1.19 bits per heavy atom. The lowest BCUT2D eigenvalue weighted by atomic mass is 10.2. The first-order valence-electron chi connectivity index (χ1n) is 8.64. The Labute approximate surface area is 157 Å². The lowest BCUT2D eigenvalue weighted by Gasteiger charge is -2.20. The third kappa shape index (κ3) is 4.69. The van der Waals surface area contributed by atoms with Crippen molar-refractivity contribution in [1.29, 1.82) is 0 Å².